The van der Waals surface area contributed by atoms with E-state index in [1.807, 2.05) is 65.7 Å². The van der Waals surface area contributed by atoms with E-state index < -0.39 is 24.3 Å². The molecule has 4 aromatic rings. The van der Waals surface area contributed by atoms with Crippen molar-refractivity contribution in [3.05, 3.63) is 107 Å². The molecule has 8 rings (SSSR count). The predicted molar refractivity (Wildman–Crippen MR) is 217 cm³/mol. The Bertz CT molecular complexity index is 2050. The smallest absolute Gasteiger partial charge is 0.321 e. The molecule has 14 heteroatoms. The van der Waals surface area contributed by atoms with Gasteiger partial charge >= 0.3 is 6.55 Å². The van der Waals surface area contributed by atoms with E-state index in [0.29, 0.717) is 41.4 Å². The number of para-hydroxylation sites is 4. The molecule has 4 aliphatic rings. The molecule has 2 saturated carbocycles. The summed E-state index contributed by atoms with van der Waals surface area (Å²) < 4.78 is 43.7. The predicted octanol–water partition coefficient (Wildman–Crippen LogP) is 6.77. The van der Waals surface area contributed by atoms with Crippen LogP contribution in [0.1, 0.15) is 81.9 Å². The van der Waals surface area contributed by atoms with Crippen molar-refractivity contribution in [2.24, 2.45) is 0 Å². The van der Waals surface area contributed by atoms with Gasteiger partial charge in [0.1, 0.15) is 11.5 Å². The van der Waals surface area contributed by atoms with Crippen LogP contribution in [-0.2, 0) is 22.7 Å². The van der Waals surface area contributed by atoms with Crippen LogP contribution in [-0.4, -0.2) is 65.9 Å². The quantitative estimate of drug-likeness (QED) is 0.179. The Morgan fingerprint density at radius 2 is 1.22 bits per heavy atom. The number of halogens is 2. The van der Waals surface area contributed by atoms with Gasteiger partial charge in [-0.2, -0.15) is 8.78 Å². The third kappa shape index (κ3) is 10.3. The lowest BCUT2D eigenvalue weighted by Gasteiger charge is -2.36. The molecule has 2 fully saturated rings. The Kier molecular flexibility index (Phi) is 13.4. The van der Waals surface area contributed by atoms with E-state index in [-0.39, 0.29) is 30.4 Å². The number of carbonyl (C=O) groups is 2. The number of anilines is 2. The Balaban J connectivity index is 0.000000177. The average Bonchev–Trinajstić information content (AvgIpc) is 3.25. The maximum Gasteiger partial charge on any atom is 0.321 e. The van der Waals surface area contributed by atoms with Gasteiger partial charge in [-0.25, -0.2) is 4.98 Å². The van der Waals surface area contributed by atoms with Crippen molar-refractivity contribution in [1.29, 1.82) is 0 Å². The van der Waals surface area contributed by atoms with Crippen LogP contribution in [0.4, 0.5) is 20.2 Å². The molecule has 308 valence electrons. The number of alkyl halides is 2. The number of benzene rings is 2. The molecule has 12 nitrogen and oxygen atoms in total. The van der Waals surface area contributed by atoms with Crippen molar-refractivity contribution in [1.82, 2.24) is 20.2 Å². The highest BCUT2D eigenvalue weighted by Crippen LogP contribution is 2.36. The van der Waals surface area contributed by atoms with Gasteiger partial charge in [0.25, 0.3) is 17.4 Å². The molecule has 2 aliphatic heterocycles. The standard InChI is InChI=1S/C22H25F2N3O3.C22H27N3O3/c23-22(24)27-13-15(10-11-20(27)28)12-26-14-19(30-18-9-5-4-8-17(18)26)21(29)25-16-6-2-1-3-7-16;1-27-21-12-11-16(13-23-21)14-25-15-20(28-19-10-6-5-9-18(19)25)22(26)24-17-7-3-2-4-8-17/h4-5,8-11,13,16,19,22H,1-3,6-7,12,14H2,(H,25,29);5-6,9-13,17,20H,2-4,7-8,14-15H2,1H3,(H,24,26). The summed E-state index contributed by atoms with van der Waals surface area (Å²) in [5.74, 6) is 1.75. The van der Waals surface area contributed by atoms with Crippen LogP contribution in [0.2, 0.25) is 0 Å². The van der Waals surface area contributed by atoms with Gasteiger partial charge in [-0.15, -0.1) is 0 Å². The van der Waals surface area contributed by atoms with Gasteiger partial charge in [0.2, 0.25) is 5.88 Å². The first-order chi connectivity index (χ1) is 28.2. The van der Waals surface area contributed by atoms with Crippen LogP contribution >= 0.6 is 0 Å². The van der Waals surface area contributed by atoms with Gasteiger partial charge < -0.3 is 34.6 Å². The molecule has 2 N–H and O–H groups in total. The van der Waals surface area contributed by atoms with Crippen LogP contribution in [0.25, 0.3) is 0 Å². The van der Waals surface area contributed by atoms with Crippen molar-refractivity contribution in [3.63, 3.8) is 0 Å². The van der Waals surface area contributed by atoms with Gasteiger partial charge in [-0.1, -0.05) is 74.9 Å². The molecule has 0 spiro atoms. The lowest BCUT2D eigenvalue weighted by atomic mass is 9.95. The Morgan fingerprint density at radius 1 is 0.724 bits per heavy atom. The summed E-state index contributed by atoms with van der Waals surface area (Å²) in [6.45, 7) is -1.15. The van der Waals surface area contributed by atoms with Crippen LogP contribution in [0.5, 0.6) is 17.4 Å². The summed E-state index contributed by atoms with van der Waals surface area (Å²) in [4.78, 5) is 45.8. The maximum atomic E-state index is 13.1. The molecule has 0 radical (unpaired) electrons. The zero-order chi connectivity index (χ0) is 40.4. The fourth-order valence-electron chi connectivity index (χ4n) is 8.13. The van der Waals surface area contributed by atoms with Crippen LogP contribution in [0, 0.1) is 0 Å². The fraction of sp³-hybridized carbons (Fsp3) is 0.455. The average molecular weight is 799 g/mol. The summed E-state index contributed by atoms with van der Waals surface area (Å²) in [5, 5.41) is 6.30. The molecule has 2 aromatic carbocycles. The van der Waals surface area contributed by atoms with Crippen molar-refractivity contribution >= 4 is 23.2 Å². The highest BCUT2D eigenvalue weighted by Gasteiger charge is 2.33. The molecule has 0 saturated heterocycles. The SMILES string of the molecule is COc1ccc(CN2CC(C(=O)NC3CCCCC3)Oc3ccccc32)cn1.O=C(NC1CCCCC1)C1CN(Cc2ccc(=O)n(C(F)F)c2)c2ccccc2O1. The normalized spacial score (nSPS) is 19.4. The molecule has 58 heavy (non-hydrogen) atoms. The monoisotopic (exact) mass is 798 g/mol. The molecule has 2 amide bonds. The second-order valence-electron chi connectivity index (χ2n) is 15.4. The van der Waals surface area contributed by atoms with E-state index in [4.69, 9.17) is 14.2 Å². The highest BCUT2D eigenvalue weighted by molar-refractivity contribution is 5.84. The van der Waals surface area contributed by atoms with Crippen LogP contribution in [0.3, 0.4) is 0 Å². The second-order valence-corrected chi connectivity index (χ2v) is 15.4. The number of hydrogen-bond acceptors (Lipinski definition) is 9. The van der Waals surface area contributed by atoms with Crippen molar-refractivity contribution in [2.75, 3.05) is 30.0 Å². The van der Waals surface area contributed by atoms with E-state index >= 15 is 0 Å². The van der Waals surface area contributed by atoms with E-state index in [9.17, 15) is 23.2 Å². The Labute approximate surface area is 337 Å². The zero-order valence-electron chi connectivity index (χ0n) is 32.9. The van der Waals surface area contributed by atoms with E-state index in [1.54, 1.807) is 13.2 Å². The lowest BCUT2D eigenvalue weighted by molar-refractivity contribution is -0.129. The van der Waals surface area contributed by atoms with E-state index in [2.05, 4.69) is 20.5 Å². The van der Waals surface area contributed by atoms with Crippen molar-refractivity contribution in [2.45, 2.75) is 108 Å². The number of ether oxygens (including phenoxy) is 3. The number of carbonyl (C=O) groups excluding carboxylic acids is 2. The molecule has 4 heterocycles. The molecule has 0 bridgehead atoms. The first-order valence-corrected chi connectivity index (χ1v) is 20.3. The molecular weight excluding hydrogens is 747 g/mol. The number of aromatic nitrogens is 2. The molecule has 2 aliphatic carbocycles. The number of hydrogen-bond donors (Lipinski definition) is 2. The number of methoxy groups -OCH3 is 1. The zero-order valence-corrected chi connectivity index (χ0v) is 32.9. The molecule has 2 unspecified atom stereocenters. The highest BCUT2D eigenvalue weighted by atomic mass is 19.3. The minimum absolute atomic E-state index is 0.0146. The summed E-state index contributed by atoms with van der Waals surface area (Å²) in [6, 6.07) is 22.2. The number of nitrogens with one attached hydrogen (secondary N) is 2. The van der Waals surface area contributed by atoms with Gasteiger partial charge in [0.15, 0.2) is 12.2 Å². The Morgan fingerprint density at radius 3 is 1.71 bits per heavy atom. The van der Waals surface area contributed by atoms with E-state index in [0.717, 1.165) is 67.3 Å². The molecule has 2 atom stereocenters. The first kappa shape index (κ1) is 40.5. The number of amides is 2. The number of fused-ring (bicyclic) bond motifs is 2. The Hall–Kier alpha value is -5.66. The second kappa shape index (κ2) is 19.2. The lowest BCUT2D eigenvalue weighted by Crippen LogP contribution is -2.51. The van der Waals surface area contributed by atoms with Crippen LogP contribution in [0.15, 0.2) is 90.0 Å². The largest absolute Gasteiger partial charge is 0.481 e. The summed E-state index contributed by atoms with van der Waals surface area (Å²) in [6.07, 6.45) is 13.0. The summed E-state index contributed by atoms with van der Waals surface area (Å²) in [7, 11) is 1.61. The van der Waals surface area contributed by atoms with Gasteiger partial charge in [0, 0.05) is 49.7 Å². The minimum Gasteiger partial charge on any atom is -0.481 e. The van der Waals surface area contributed by atoms with Crippen LogP contribution < -0.4 is 40.2 Å². The van der Waals surface area contributed by atoms with Gasteiger partial charge in [0.05, 0.1) is 31.6 Å². The van der Waals surface area contributed by atoms with E-state index in [1.165, 1.54) is 37.9 Å². The molecule has 2 aromatic heterocycles. The van der Waals surface area contributed by atoms with Crippen molar-refractivity contribution < 1.29 is 32.6 Å². The van der Waals surface area contributed by atoms with Gasteiger partial charge in [-0.05, 0) is 61.1 Å². The maximum absolute atomic E-state index is 13.1. The topological polar surface area (TPSA) is 127 Å². The van der Waals surface area contributed by atoms with Gasteiger partial charge in [-0.3, -0.25) is 19.0 Å². The summed E-state index contributed by atoms with van der Waals surface area (Å²) >= 11 is 0. The number of nitrogens with zero attached hydrogens (tertiary/aromatic N) is 4. The third-order valence-electron chi connectivity index (χ3n) is 11.2. The number of rotatable bonds is 10. The first-order valence-electron chi connectivity index (χ1n) is 20.3. The summed E-state index contributed by atoms with van der Waals surface area (Å²) in [5.41, 5.74) is 2.65. The molecular formula is C44H52F2N6O6. The minimum atomic E-state index is -2.90. The van der Waals surface area contributed by atoms with Crippen molar-refractivity contribution in [3.8, 4) is 17.4 Å². The fourth-order valence-corrected chi connectivity index (χ4v) is 8.13. The third-order valence-corrected chi connectivity index (χ3v) is 11.2. The number of pyridine rings is 2.